The fourth-order valence-corrected chi connectivity index (χ4v) is 4.20. The summed E-state index contributed by atoms with van der Waals surface area (Å²) in [5.74, 6) is -0.747. The van der Waals surface area contributed by atoms with Gasteiger partial charge in [-0.1, -0.05) is 6.07 Å². The first kappa shape index (κ1) is 22.4. The zero-order chi connectivity index (χ0) is 22.6. The number of aromatic amines is 1. The second-order valence-corrected chi connectivity index (χ2v) is 9.13. The smallest absolute Gasteiger partial charge is 0.243 e. The predicted molar refractivity (Wildman–Crippen MR) is 120 cm³/mol. The zero-order valence-electron chi connectivity index (χ0n) is 16.8. The van der Waals surface area contributed by atoms with Crippen molar-refractivity contribution in [2.75, 3.05) is 24.2 Å². The van der Waals surface area contributed by atoms with Gasteiger partial charge in [0.2, 0.25) is 21.8 Å². The maximum Gasteiger partial charge on any atom is 0.243 e. The molecule has 0 fully saturated rings. The number of H-pyrrole nitrogens is 1. The highest BCUT2D eigenvalue weighted by Crippen LogP contribution is 2.18. The van der Waals surface area contributed by atoms with E-state index in [4.69, 9.17) is 12.2 Å². The number of nitrogens with one attached hydrogen (secondary N) is 3. The molecule has 11 heteroatoms. The highest BCUT2D eigenvalue weighted by Gasteiger charge is 2.23. The summed E-state index contributed by atoms with van der Waals surface area (Å²) < 4.78 is 28.7. The number of hydrogen-bond acceptors (Lipinski definition) is 5. The Morgan fingerprint density at radius 1 is 1.10 bits per heavy atom. The van der Waals surface area contributed by atoms with Gasteiger partial charge >= 0.3 is 0 Å². The SMILES string of the molecule is CC(=O)Nc1ccc(S(=O)(=O)N(C)CC(=O)Nc2cccc(-n3cc[nH]c3=S)c2)cc1. The first-order valence-corrected chi connectivity index (χ1v) is 11.0. The first-order chi connectivity index (χ1) is 14.7. The van der Waals surface area contributed by atoms with Crippen LogP contribution in [0.2, 0.25) is 0 Å². The molecular formula is C20H21N5O4S2. The van der Waals surface area contributed by atoms with Crippen LogP contribution in [0.4, 0.5) is 11.4 Å². The number of anilines is 2. The lowest BCUT2D eigenvalue weighted by Crippen LogP contribution is -2.35. The molecule has 0 unspecified atom stereocenters. The van der Waals surface area contributed by atoms with E-state index in [0.717, 1.165) is 9.99 Å². The Hall–Kier alpha value is -3.28. The van der Waals surface area contributed by atoms with Crippen LogP contribution in [-0.4, -0.2) is 47.7 Å². The van der Waals surface area contributed by atoms with Gasteiger partial charge in [-0.15, -0.1) is 0 Å². The third-order valence-corrected chi connectivity index (χ3v) is 6.44. The van der Waals surface area contributed by atoms with Crippen LogP contribution in [0.5, 0.6) is 0 Å². The number of nitrogens with zero attached hydrogens (tertiary/aromatic N) is 2. The average Bonchev–Trinajstić information content (AvgIpc) is 3.14. The van der Waals surface area contributed by atoms with Crippen LogP contribution in [0.1, 0.15) is 6.92 Å². The van der Waals surface area contributed by atoms with E-state index < -0.39 is 15.9 Å². The van der Waals surface area contributed by atoms with Gasteiger partial charge in [-0.05, 0) is 54.7 Å². The summed E-state index contributed by atoms with van der Waals surface area (Å²) in [5, 5.41) is 5.27. The van der Waals surface area contributed by atoms with E-state index in [1.54, 1.807) is 35.2 Å². The number of imidazole rings is 1. The van der Waals surface area contributed by atoms with E-state index in [9.17, 15) is 18.0 Å². The molecule has 2 amide bonds. The summed E-state index contributed by atoms with van der Waals surface area (Å²) in [4.78, 5) is 26.4. The van der Waals surface area contributed by atoms with Gasteiger partial charge in [0.05, 0.1) is 11.4 Å². The minimum absolute atomic E-state index is 0.0146. The van der Waals surface area contributed by atoms with Crippen molar-refractivity contribution in [2.24, 2.45) is 0 Å². The average molecular weight is 460 g/mol. The summed E-state index contributed by atoms with van der Waals surface area (Å²) >= 11 is 5.20. The summed E-state index contributed by atoms with van der Waals surface area (Å²) in [6, 6.07) is 12.7. The molecule has 0 aliphatic heterocycles. The van der Waals surface area contributed by atoms with Crippen LogP contribution in [0, 0.1) is 4.77 Å². The fraction of sp³-hybridized carbons (Fsp3) is 0.150. The van der Waals surface area contributed by atoms with Crippen molar-refractivity contribution in [3.8, 4) is 5.69 Å². The Morgan fingerprint density at radius 3 is 2.42 bits per heavy atom. The lowest BCUT2D eigenvalue weighted by molar-refractivity contribution is -0.116. The number of benzene rings is 2. The molecule has 162 valence electrons. The number of aromatic nitrogens is 2. The van der Waals surface area contributed by atoms with Gasteiger partial charge in [-0.2, -0.15) is 4.31 Å². The largest absolute Gasteiger partial charge is 0.337 e. The minimum atomic E-state index is -3.88. The second-order valence-electron chi connectivity index (χ2n) is 6.70. The lowest BCUT2D eigenvalue weighted by Gasteiger charge is -2.17. The van der Waals surface area contributed by atoms with Gasteiger partial charge < -0.3 is 15.6 Å². The topological polar surface area (TPSA) is 116 Å². The number of amides is 2. The molecule has 9 nitrogen and oxygen atoms in total. The highest BCUT2D eigenvalue weighted by molar-refractivity contribution is 7.89. The summed E-state index contributed by atoms with van der Waals surface area (Å²) in [6.07, 6.45) is 3.47. The Kier molecular flexibility index (Phi) is 6.68. The molecular weight excluding hydrogens is 438 g/mol. The summed E-state index contributed by atoms with van der Waals surface area (Å²) in [6.45, 7) is 0.989. The van der Waals surface area contributed by atoms with Crippen molar-refractivity contribution in [3.63, 3.8) is 0 Å². The molecule has 0 radical (unpaired) electrons. The van der Waals surface area contributed by atoms with E-state index in [2.05, 4.69) is 15.6 Å². The molecule has 0 saturated heterocycles. The Balaban J connectivity index is 1.68. The summed E-state index contributed by atoms with van der Waals surface area (Å²) in [5.41, 5.74) is 1.75. The molecule has 0 spiro atoms. The van der Waals surface area contributed by atoms with Gasteiger partial charge in [-0.25, -0.2) is 8.42 Å². The van der Waals surface area contributed by atoms with Crippen LogP contribution in [-0.2, 0) is 19.6 Å². The molecule has 1 aromatic heterocycles. The van der Waals surface area contributed by atoms with Gasteiger partial charge in [0.1, 0.15) is 0 Å². The standard InChI is InChI=1S/C20H21N5O4S2/c1-14(26)22-15-6-8-18(9-7-15)31(28,29)24(2)13-19(27)23-16-4-3-5-17(12-16)25-11-10-21-20(25)30/h3-12H,13H2,1-2H3,(H,21,30)(H,22,26)(H,23,27). The van der Waals surface area contributed by atoms with E-state index in [-0.39, 0.29) is 17.3 Å². The number of rotatable bonds is 7. The van der Waals surface area contributed by atoms with Gasteiger partial charge in [-0.3, -0.25) is 14.2 Å². The van der Waals surface area contributed by atoms with E-state index in [1.807, 2.05) is 6.07 Å². The fourth-order valence-electron chi connectivity index (χ4n) is 2.84. The van der Waals surface area contributed by atoms with Crippen LogP contribution in [0.3, 0.4) is 0 Å². The van der Waals surface area contributed by atoms with Crippen LogP contribution >= 0.6 is 12.2 Å². The Labute approximate surface area is 184 Å². The third kappa shape index (κ3) is 5.45. The van der Waals surface area contributed by atoms with Crippen LogP contribution < -0.4 is 10.6 Å². The van der Waals surface area contributed by atoms with E-state index in [0.29, 0.717) is 16.1 Å². The molecule has 0 atom stereocenters. The Morgan fingerprint density at radius 2 is 1.81 bits per heavy atom. The van der Waals surface area contributed by atoms with Crippen molar-refractivity contribution in [1.29, 1.82) is 0 Å². The van der Waals surface area contributed by atoms with E-state index in [1.165, 1.54) is 38.2 Å². The van der Waals surface area contributed by atoms with Crippen molar-refractivity contribution >= 4 is 45.4 Å². The third-order valence-electron chi connectivity index (χ3n) is 4.31. The van der Waals surface area contributed by atoms with Crippen molar-refractivity contribution in [1.82, 2.24) is 13.9 Å². The molecule has 0 bridgehead atoms. The monoisotopic (exact) mass is 459 g/mol. The number of likely N-dealkylation sites (N-methyl/N-ethyl adjacent to an activating group) is 1. The highest BCUT2D eigenvalue weighted by atomic mass is 32.2. The molecule has 0 aliphatic rings. The molecule has 31 heavy (non-hydrogen) atoms. The number of carbonyl (C=O) groups is 2. The Bertz CT molecular complexity index is 1260. The van der Waals surface area contributed by atoms with Gasteiger partial charge in [0.15, 0.2) is 4.77 Å². The lowest BCUT2D eigenvalue weighted by atomic mass is 10.2. The quantitative estimate of drug-likeness (QED) is 0.470. The maximum absolute atomic E-state index is 12.7. The minimum Gasteiger partial charge on any atom is -0.337 e. The number of sulfonamides is 1. The number of hydrogen-bond donors (Lipinski definition) is 3. The molecule has 0 aliphatic carbocycles. The van der Waals surface area contributed by atoms with Crippen molar-refractivity contribution in [3.05, 3.63) is 65.7 Å². The number of carbonyl (C=O) groups excluding carboxylic acids is 2. The normalized spacial score (nSPS) is 11.3. The molecule has 2 aromatic carbocycles. The van der Waals surface area contributed by atoms with Gasteiger partial charge in [0, 0.05) is 43.4 Å². The molecule has 3 aromatic rings. The van der Waals surface area contributed by atoms with Crippen LogP contribution in [0.15, 0.2) is 65.8 Å². The zero-order valence-corrected chi connectivity index (χ0v) is 18.5. The van der Waals surface area contributed by atoms with Crippen LogP contribution in [0.25, 0.3) is 5.69 Å². The van der Waals surface area contributed by atoms with E-state index >= 15 is 0 Å². The van der Waals surface area contributed by atoms with Crippen molar-refractivity contribution < 1.29 is 18.0 Å². The second kappa shape index (κ2) is 9.25. The maximum atomic E-state index is 12.7. The molecule has 3 N–H and O–H groups in total. The summed E-state index contributed by atoms with van der Waals surface area (Å²) in [7, 11) is -2.56. The molecule has 3 rings (SSSR count). The van der Waals surface area contributed by atoms with Crippen molar-refractivity contribution in [2.45, 2.75) is 11.8 Å². The van der Waals surface area contributed by atoms with Gasteiger partial charge in [0.25, 0.3) is 0 Å². The predicted octanol–water partition coefficient (Wildman–Crippen LogP) is 2.75. The first-order valence-electron chi connectivity index (χ1n) is 9.17. The molecule has 0 saturated carbocycles. The molecule has 1 heterocycles.